The van der Waals surface area contributed by atoms with Crippen molar-refractivity contribution in [1.82, 2.24) is 5.32 Å². The number of carbonyl (C=O) groups is 1. The van der Waals surface area contributed by atoms with Crippen molar-refractivity contribution in [2.45, 2.75) is 51.4 Å². The fraction of sp³-hybridized carbons (Fsp3) is 0.381. The number of ether oxygens (including phenoxy) is 1. The van der Waals surface area contributed by atoms with Crippen LogP contribution in [0.2, 0.25) is 0 Å². The van der Waals surface area contributed by atoms with Crippen LogP contribution in [0.4, 0.5) is 4.79 Å². The molecule has 2 N–H and O–H groups in total. The lowest BCUT2D eigenvalue weighted by Gasteiger charge is -2.27. The number of benzene rings is 2. The van der Waals surface area contributed by atoms with E-state index in [4.69, 9.17) is 4.74 Å². The molecule has 0 aliphatic carbocycles. The first-order valence-electron chi connectivity index (χ1n) is 8.59. The molecule has 2 aromatic rings. The molecule has 0 unspecified atom stereocenters. The summed E-state index contributed by atoms with van der Waals surface area (Å²) < 4.78 is 5.35. The highest BCUT2D eigenvalue weighted by Crippen LogP contribution is 2.13. The molecular weight excluding hydrogens is 314 g/mol. The van der Waals surface area contributed by atoms with Gasteiger partial charge in [-0.05, 0) is 38.3 Å². The zero-order valence-electron chi connectivity index (χ0n) is 15.1. The first-order chi connectivity index (χ1) is 11.8. The molecule has 0 aliphatic heterocycles. The molecule has 0 aliphatic rings. The summed E-state index contributed by atoms with van der Waals surface area (Å²) in [6.07, 6.45) is -0.224. The van der Waals surface area contributed by atoms with E-state index < -0.39 is 23.8 Å². The van der Waals surface area contributed by atoms with Crippen LogP contribution in [0.1, 0.15) is 31.9 Å². The highest BCUT2D eigenvalue weighted by molar-refractivity contribution is 5.68. The lowest BCUT2D eigenvalue weighted by molar-refractivity contribution is 0.0422. The van der Waals surface area contributed by atoms with Crippen molar-refractivity contribution >= 4 is 6.09 Å². The van der Waals surface area contributed by atoms with Crippen LogP contribution in [0.25, 0.3) is 0 Å². The number of hydrogen-bond acceptors (Lipinski definition) is 3. The second kappa shape index (κ2) is 8.67. The molecule has 0 radical (unpaired) electrons. The zero-order chi connectivity index (χ0) is 18.3. The molecule has 0 bridgehead atoms. The van der Waals surface area contributed by atoms with E-state index in [9.17, 15) is 9.90 Å². The minimum Gasteiger partial charge on any atom is -0.444 e. The van der Waals surface area contributed by atoms with Gasteiger partial charge < -0.3 is 15.2 Å². The molecule has 0 fully saturated rings. The van der Waals surface area contributed by atoms with E-state index in [1.54, 1.807) is 0 Å². The quantitative estimate of drug-likeness (QED) is 0.842. The zero-order valence-corrected chi connectivity index (χ0v) is 15.1. The Balaban J connectivity index is 2.09. The fourth-order valence-corrected chi connectivity index (χ4v) is 2.61. The van der Waals surface area contributed by atoms with Gasteiger partial charge >= 0.3 is 6.09 Å². The second-order valence-electron chi connectivity index (χ2n) is 7.20. The van der Waals surface area contributed by atoms with Crippen molar-refractivity contribution in [1.29, 1.82) is 0 Å². The molecule has 134 valence electrons. The Morgan fingerprint density at radius 3 is 1.92 bits per heavy atom. The first kappa shape index (κ1) is 19.0. The number of alkyl carbamates (subject to hydrolysis) is 1. The molecule has 0 aromatic heterocycles. The summed E-state index contributed by atoms with van der Waals surface area (Å²) in [6.45, 7) is 5.46. The average Bonchev–Trinajstić information content (AvgIpc) is 2.54. The maximum Gasteiger partial charge on any atom is 0.407 e. The lowest BCUT2D eigenvalue weighted by atomic mass is 9.96. The summed E-state index contributed by atoms with van der Waals surface area (Å²) in [5.74, 6) is 0. The monoisotopic (exact) mass is 341 g/mol. The predicted octanol–water partition coefficient (Wildman–Crippen LogP) is 3.73. The summed E-state index contributed by atoms with van der Waals surface area (Å²) in [6, 6.07) is 19.1. The van der Waals surface area contributed by atoms with E-state index in [2.05, 4.69) is 5.32 Å². The van der Waals surface area contributed by atoms with Gasteiger partial charge in [0.1, 0.15) is 5.60 Å². The molecule has 0 saturated heterocycles. The van der Waals surface area contributed by atoms with E-state index in [0.29, 0.717) is 12.8 Å². The predicted molar refractivity (Wildman–Crippen MR) is 99.5 cm³/mol. The van der Waals surface area contributed by atoms with Gasteiger partial charge in [-0.3, -0.25) is 0 Å². The van der Waals surface area contributed by atoms with Crippen molar-refractivity contribution in [3.05, 3.63) is 71.8 Å². The van der Waals surface area contributed by atoms with Crippen molar-refractivity contribution in [3.8, 4) is 0 Å². The molecule has 0 saturated carbocycles. The summed E-state index contributed by atoms with van der Waals surface area (Å²) in [5, 5.41) is 13.5. The van der Waals surface area contributed by atoms with Gasteiger partial charge in [-0.25, -0.2) is 4.79 Å². The van der Waals surface area contributed by atoms with Crippen LogP contribution in [-0.4, -0.2) is 28.9 Å². The molecule has 4 heteroatoms. The number of hydrogen-bond donors (Lipinski definition) is 2. The number of nitrogens with one attached hydrogen (secondary N) is 1. The van der Waals surface area contributed by atoms with Crippen LogP contribution in [0.5, 0.6) is 0 Å². The number of aliphatic hydroxyl groups excluding tert-OH is 1. The number of carbonyl (C=O) groups excluding carboxylic acids is 1. The molecule has 2 atom stereocenters. The Labute approximate surface area is 149 Å². The fourth-order valence-electron chi connectivity index (χ4n) is 2.61. The van der Waals surface area contributed by atoms with Crippen LogP contribution in [0, 0.1) is 0 Å². The first-order valence-corrected chi connectivity index (χ1v) is 8.59. The molecule has 2 aromatic carbocycles. The Bertz CT molecular complexity index is 650. The van der Waals surface area contributed by atoms with Gasteiger partial charge in [0.2, 0.25) is 0 Å². The summed E-state index contributed by atoms with van der Waals surface area (Å²) in [7, 11) is 0. The molecule has 0 heterocycles. The molecule has 25 heavy (non-hydrogen) atoms. The Morgan fingerprint density at radius 2 is 1.44 bits per heavy atom. The smallest absolute Gasteiger partial charge is 0.407 e. The average molecular weight is 341 g/mol. The number of amides is 1. The molecule has 2 rings (SSSR count). The van der Waals surface area contributed by atoms with Crippen molar-refractivity contribution in [3.63, 3.8) is 0 Å². The Morgan fingerprint density at radius 1 is 0.960 bits per heavy atom. The van der Waals surface area contributed by atoms with Gasteiger partial charge in [0.05, 0.1) is 12.1 Å². The lowest BCUT2D eigenvalue weighted by Crippen LogP contribution is -2.47. The highest BCUT2D eigenvalue weighted by Gasteiger charge is 2.25. The number of rotatable bonds is 6. The van der Waals surface area contributed by atoms with Crippen LogP contribution in [-0.2, 0) is 17.6 Å². The van der Waals surface area contributed by atoms with E-state index in [-0.39, 0.29) is 0 Å². The molecule has 4 nitrogen and oxygen atoms in total. The van der Waals surface area contributed by atoms with Crippen LogP contribution >= 0.6 is 0 Å². The largest absolute Gasteiger partial charge is 0.444 e. The maximum atomic E-state index is 12.2. The van der Waals surface area contributed by atoms with Gasteiger partial charge in [-0.1, -0.05) is 60.7 Å². The molecule has 1 amide bonds. The second-order valence-corrected chi connectivity index (χ2v) is 7.20. The van der Waals surface area contributed by atoms with Gasteiger partial charge in [-0.15, -0.1) is 0 Å². The van der Waals surface area contributed by atoms with Crippen molar-refractivity contribution < 1.29 is 14.6 Å². The minimum atomic E-state index is -0.713. The summed E-state index contributed by atoms with van der Waals surface area (Å²) in [5.41, 5.74) is 1.50. The summed E-state index contributed by atoms with van der Waals surface area (Å²) >= 11 is 0. The van der Waals surface area contributed by atoms with E-state index in [1.807, 2.05) is 81.4 Å². The third kappa shape index (κ3) is 6.98. The van der Waals surface area contributed by atoms with Crippen LogP contribution in [0.3, 0.4) is 0 Å². The summed E-state index contributed by atoms with van der Waals surface area (Å²) in [4.78, 5) is 12.2. The van der Waals surface area contributed by atoms with Crippen molar-refractivity contribution in [2.24, 2.45) is 0 Å². The topological polar surface area (TPSA) is 58.6 Å². The highest BCUT2D eigenvalue weighted by atomic mass is 16.6. The van der Waals surface area contributed by atoms with E-state index in [0.717, 1.165) is 11.1 Å². The molecule has 0 spiro atoms. The Hall–Kier alpha value is -2.33. The van der Waals surface area contributed by atoms with Gasteiger partial charge in [0.25, 0.3) is 0 Å². The SMILES string of the molecule is CC(C)(C)OC(=O)N[C@H](Cc1ccccc1)[C@@H](O)Cc1ccccc1. The minimum absolute atomic E-state index is 0.433. The van der Waals surface area contributed by atoms with Crippen LogP contribution in [0.15, 0.2) is 60.7 Å². The third-order valence-electron chi connectivity index (χ3n) is 3.75. The van der Waals surface area contributed by atoms with Gasteiger partial charge in [0.15, 0.2) is 0 Å². The standard InChI is InChI=1S/C21H27NO3/c1-21(2,3)25-20(24)22-18(14-16-10-6-4-7-11-16)19(23)15-17-12-8-5-9-13-17/h4-13,18-19,23H,14-15H2,1-3H3,(H,22,24)/t18-,19+/m1/s1. The van der Waals surface area contributed by atoms with E-state index in [1.165, 1.54) is 0 Å². The maximum absolute atomic E-state index is 12.2. The number of aliphatic hydroxyl groups is 1. The normalized spacial score (nSPS) is 13.8. The molecular formula is C21H27NO3. The Kier molecular flexibility index (Phi) is 6.59. The van der Waals surface area contributed by atoms with Crippen LogP contribution < -0.4 is 5.32 Å². The van der Waals surface area contributed by atoms with Gasteiger partial charge in [0, 0.05) is 6.42 Å². The van der Waals surface area contributed by atoms with E-state index >= 15 is 0 Å². The third-order valence-corrected chi connectivity index (χ3v) is 3.75. The van der Waals surface area contributed by atoms with Crippen molar-refractivity contribution in [2.75, 3.05) is 0 Å². The van der Waals surface area contributed by atoms with Gasteiger partial charge in [-0.2, -0.15) is 0 Å².